The number of sulfonamides is 1. The maximum absolute atomic E-state index is 12.9. The average Bonchev–Trinajstić information content (AvgIpc) is 3.23. The van der Waals surface area contributed by atoms with Gasteiger partial charge in [-0.3, -0.25) is 0 Å². The number of hydrogen-bond acceptors (Lipinski definition) is 7. The number of thiazole rings is 1. The number of fused-ring (bicyclic) bond motifs is 1. The van der Waals surface area contributed by atoms with Crippen molar-refractivity contribution in [3.63, 3.8) is 0 Å². The molecule has 3 aromatic rings. The Balaban J connectivity index is 1.46. The Kier molecular flexibility index (Phi) is 4.93. The van der Waals surface area contributed by atoms with E-state index in [1.165, 1.54) is 9.87 Å². The summed E-state index contributed by atoms with van der Waals surface area (Å²) in [6.45, 7) is 8.20. The van der Waals surface area contributed by atoms with Crippen LogP contribution < -0.4 is 4.74 Å². The second kappa shape index (κ2) is 7.13. The third-order valence-electron chi connectivity index (χ3n) is 5.16. The van der Waals surface area contributed by atoms with Gasteiger partial charge in [-0.2, -0.15) is 4.31 Å². The third-order valence-corrected chi connectivity index (χ3v) is 8.38. The molecule has 28 heavy (non-hydrogen) atoms. The predicted octanol–water partition coefficient (Wildman–Crippen LogP) is 3.75. The monoisotopic (exact) mass is 421 g/mol. The van der Waals surface area contributed by atoms with Crippen LogP contribution in [0.5, 0.6) is 5.19 Å². The largest absolute Gasteiger partial charge is 0.467 e. The van der Waals surface area contributed by atoms with Crippen molar-refractivity contribution in [1.29, 1.82) is 0 Å². The molecule has 1 aromatic carbocycles. The standard InChI is InChI=1S/C19H23N3O4S2/c1-11-5-6-12(2)17-16(11)20-19(27-17)25-15-7-9-22(10-8-15)28(23,24)18-13(3)21-26-14(18)4/h5-6,15H,7-10H2,1-4H3. The van der Waals surface area contributed by atoms with E-state index in [0.717, 1.165) is 15.8 Å². The first-order chi connectivity index (χ1) is 13.3. The van der Waals surface area contributed by atoms with Gasteiger partial charge in [0, 0.05) is 13.1 Å². The molecular formula is C19H23N3O4S2. The van der Waals surface area contributed by atoms with Crippen molar-refractivity contribution in [2.75, 3.05) is 13.1 Å². The van der Waals surface area contributed by atoms with Gasteiger partial charge in [-0.05, 0) is 51.7 Å². The van der Waals surface area contributed by atoms with Crippen LogP contribution in [0.1, 0.15) is 35.4 Å². The van der Waals surface area contributed by atoms with Gasteiger partial charge < -0.3 is 9.26 Å². The van der Waals surface area contributed by atoms with Crippen molar-refractivity contribution in [3.05, 3.63) is 34.7 Å². The zero-order valence-electron chi connectivity index (χ0n) is 16.4. The molecule has 3 heterocycles. The first kappa shape index (κ1) is 19.4. The molecule has 7 nitrogen and oxygen atoms in total. The lowest BCUT2D eigenvalue weighted by molar-refractivity contribution is 0.135. The van der Waals surface area contributed by atoms with Crippen LogP contribution in [0.4, 0.5) is 0 Å². The lowest BCUT2D eigenvalue weighted by Crippen LogP contribution is -2.42. The summed E-state index contributed by atoms with van der Waals surface area (Å²) in [5.74, 6) is 0.330. The number of aryl methyl sites for hydroxylation is 4. The molecular weight excluding hydrogens is 398 g/mol. The minimum atomic E-state index is -3.60. The van der Waals surface area contributed by atoms with Crippen LogP contribution in [0.25, 0.3) is 10.2 Å². The molecule has 1 aliphatic heterocycles. The Bertz CT molecular complexity index is 1070. The van der Waals surface area contributed by atoms with E-state index in [4.69, 9.17) is 9.26 Å². The molecule has 0 bridgehead atoms. The molecule has 1 saturated heterocycles. The van der Waals surface area contributed by atoms with Crippen LogP contribution in [-0.4, -0.2) is 42.1 Å². The predicted molar refractivity (Wildman–Crippen MR) is 107 cm³/mol. The number of nitrogens with zero attached hydrogens (tertiary/aromatic N) is 3. The molecule has 1 aliphatic rings. The Morgan fingerprint density at radius 2 is 1.82 bits per heavy atom. The highest BCUT2D eigenvalue weighted by Crippen LogP contribution is 2.34. The maximum atomic E-state index is 12.9. The fourth-order valence-corrected chi connectivity index (χ4v) is 6.38. The SMILES string of the molecule is Cc1noc(C)c1S(=O)(=O)N1CCC(Oc2nc3c(C)ccc(C)c3s2)CC1. The molecule has 0 unspecified atom stereocenters. The van der Waals surface area contributed by atoms with E-state index >= 15 is 0 Å². The molecule has 2 aromatic heterocycles. The lowest BCUT2D eigenvalue weighted by Gasteiger charge is -2.30. The Morgan fingerprint density at radius 3 is 2.43 bits per heavy atom. The molecule has 0 aliphatic carbocycles. The number of ether oxygens (including phenoxy) is 1. The van der Waals surface area contributed by atoms with Crippen LogP contribution in [-0.2, 0) is 10.0 Å². The molecule has 0 radical (unpaired) electrons. The normalized spacial score (nSPS) is 16.7. The van der Waals surface area contributed by atoms with Gasteiger partial charge in [-0.25, -0.2) is 13.4 Å². The minimum Gasteiger partial charge on any atom is -0.467 e. The molecule has 0 N–H and O–H groups in total. The summed E-state index contributed by atoms with van der Waals surface area (Å²) in [6.07, 6.45) is 1.20. The Labute approximate surface area is 168 Å². The quantitative estimate of drug-likeness (QED) is 0.638. The van der Waals surface area contributed by atoms with Crippen LogP contribution in [0.3, 0.4) is 0 Å². The van der Waals surface area contributed by atoms with Gasteiger partial charge in [-0.15, -0.1) is 0 Å². The van der Waals surface area contributed by atoms with Gasteiger partial charge in [-0.1, -0.05) is 28.6 Å². The third kappa shape index (κ3) is 3.31. The van der Waals surface area contributed by atoms with E-state index in [-0.39, 0.29) is 11.0 Å². The van der Waals surface area contributed by atoms with Gasteiger partial charge in [0.05, 0.1) is 10.2 Å². The molecule has 9 heteroatoms. The second-order valence-electron chi connectivity index (χ2n) is 7.23. The van der Waals surface area contributed by atoms with Gasteiger partial charge in [0.25, 0.3) is 5.19 Å². The summed E-state index contributed by atoms with van der Waals surface area (Å²) in [5.41, 5.74) is 3.70. The fraction of sp³-hybridized carbons (Fsp3) is 0.474. The first-order valence-corrected chi connectivity index (χ1v) is 11.5. The Hall–Kier alpha value is -1.97. The zero-order chi connectivity index (χ0) is 20.1. The van der Waals surface area contributed by atoms with Crippen LogP contribution in [0.15, 0.2) is 21.6 Å². The summed E-state index contributed by atoms with van der Waals surface area (Å²) in [6, 6.07) is 4.16. The minimum absolute atomic E-state index is 0.0442. The highest BCUT2D eigenvalue weighted by atomic mass is 32.2. The van der Waals surface area contributed by atoms with Crippen LogP contribution in [0, 0.1) is 27.7 Å². The van der Waals surface area contributed by atoms with Crippen LogP contribution in [0.2, 0.25) is 0 Å². The maximum Gasteiger partial charge on any atom is 0.274 e. The van der Waals surface area contributed by atoms with E-state index in [1.807, 2.05) is 6.92 Å². The van der Waals surface area contributed by atoms with Crippen LogP contribution >= 0.6 is 11.3 Å². The van der Waals surface area contributed by atoms with E-state index in [0.29, 0.717) is 42.6 Å². The number of piperidine rings is 1. The van der Waals surface area contributed by atoms with E-state index in [9.17, 15) is 8.42 Å². The topological polar surface area (TPSA) is 85.5 Å². The summed E-state index contributed by atoms with van der Waals surface area (Å²) < 4.78 is 39.6. The van der Waals surface area contributed by atoms with E-state index in [1.54, 1.807) is 25.2 Å². The fourth-order valence-electron chi connectivity index (χ4n) is 3.59. The number of aromatic nitrogens is 2. The first-order valence-electron chi connectivity index (χ1n) is 9.24. The summed E-state index contributed by atoms with van der Waals surface area (Å²) >= 11 is 1.55. The number of rotatable bonds is 4. The molecule has 1 fully saturated rings. The molecule has 150 valence electrons. The van der Waals surface area contributed by atoms with E-state index in [2.05, 4.69) is 29.2 Å². The average molecular weight is 422 g/mol. The molecule has 0 amide bonds. The van der Waals surface area contributed by atoms with Gasteiger partial charge in [0.1, 0.15) is 16.7 Å². The molecule has 0 atom stereocenters. The molecule has 4 rings (SSSR count). The highest BCUT2D eigenvalue weighted by Gasteiger charge is 2.34. The smallest absolute Gasteiger partial charge is 0.274 e. The lowest BCUT2D eigenvalue weighted by atomic mass is 10.1. The van der Waals surface area contributed by atoms with Crippen molar-refractivity contribution in [2.24, 2.45) is 0 Å². The van der Waals surface area contributed by atoms with Gasteiger partial charge in [0.2, 0.25) is 10.0 Å². The van der Waals surface area contributed by atoms with Crippen molar-refractivity contribution in [2.45, 2.75) is 51.5 Å². The van der Waals surface area contributed by atoms with Crippen molar-refractivity contribution in [1.82, 2.24) is 14.4 Å². The van der Waals surface area contributed by atoms with Gasteiger partial charge in [0.15, 0.2) is 5.76 Å². The van der Waals surface area contributed by atoms with Gasteiger partial charge >= 0.3 is 0 Å². The van der Waals surface area contributed by atoms with E-state index < -0.39 is 10.0 Å². The van der Waals surface area contributed by atoms with Crippen molar-refractivity contribution in [3.8, 4) is 5.19 Å². The Morgan fingerprint density at radius 1 is 1.14 bits per heavy atom. The summed E-state index contributed by atoms with van der Waals surface area (Å²) in [5, 5.41) is 4.42. The highest BCUT2D eigenvalue weighted by molar-refractivity contribution is 7.89. The van der Waals surface area contributed by atoms with Crippen molar-refractivity contribution < 1.29 is 17.7 Å². The summed E-state index contributed by atoms with van der Waals surface area (Å²) in [4.78, 5) is 4.83. The molecule has 0 saturated carbocycles. The molecule has 0 spiro atoms. The summed E-state index contributed by atoms with van der Waals surface area (Å²) in [7, 11) is -3.60. The number of benzene rings is 1. The number of hydrogen-bond donors (Lipinski definition) is 0. The van der Waals surface area contributed by atoms with Crippen molar-refractivity contribution >= 4 is 31.6 Å². The zero-order valence-corrected chi connectivity index (χ0v) is 18.0. The second-order valence-corrected chi connectivity index (χ2v) is 10.1.